The van der Waals surface area contributed by atoms with Gasteiger partial charge in [0.15, 0.2) is 5.69 Å². The van der Waals surface area contributed by atoms with Gasteiger partial charge in [-0.3, -0.25) is 0 Å². The average molecular weight is 721 g/mol. The smallest absolute Gasteiger partial charge is 0.355 e. The zero-order valence-electron chi connectivity index (χ0n) is 27.4. The van der Waals surface area contributed by atoms with Crippen LogP contribution in [0.15, 0.2) is 103 Å². The minimum absolute atomic E-state index is 0.00741. The number of aromatic carboxylic acids is 2. The van der Waals surface area contributed by atoms with Crippen molar-refractivity contribution in [3.63, 3.8) is 0 Å². The summed E-state index contributed by atoms with van der Waals surface area (Å²) in [4.78, 5) is 29.9. The number of hydrogen-bond donors (Lipinski definition) is 2. The highest BCUT2D eigenvalue weighted by Gasteiger charge is 2.24. The van der Waals surface area contributed by atoms with Gasteiger partial charge in [0, 0.05) is 5.38 Å². The van der Waals surface area contributed by atoms with Crippen LogP contribution in [0.3, 0.4) is 0 Å². The van der Waals surface area contributed by atoms with Gasteiger partial charge in [0.25, 0.3) is 10.4 Å². The largest absolute Gasteiger partial charge is 0.485 e. The first-order valence-electron chi connectivity index (χ1n) is 16.2. The van der Waals surface area contributed by atoms with Gasteiger partial charge in [-0.05, 0) is 96.8 Å². The summed E-state index contributed by atoms with van der Waals surface area (Å²) in [5.74, 6) is 0.926. The van der Waals surface area contributed by atoms with Crippen molar-refractivity contribution in [3.8, 4) is 33.4 Å². The van der Waals surface area contributed by atoms with Gasteiger partial charge in [-0.2, -0.15) is 4.98 Å². The molecule has 0 bridgehead atoms. The summed E-state index contributed by atoms with van der Waals surface area (Å²) in [7, 11) is 0. The van der Waals surface area contributed by atoms with E-state index >= 15 is 0 Å². The van der Waals surface area contributed by atoms with Crippen molar-refractivity contribution in [1.29, 1.82) is 0 Å². The van der Waals surface area contributed by atoms with Gasteiger partial charge in [-0.15, -0.1) is 0 Å². The Balaban J connectivity index is 0.000000159. The van der Waals surface area contributed by atoms with E-state index in [9.17, 15) is 9.59 Å². The summed E-state index contributed by atoms with van der Waals surface area (Å²) >= 11 is 2.17. The van der Waals surface area contributed by atoms with E-state index in [0.717, 1.165) is 71.0 Å². The van der Waals surface area contributed by atoms with Crippen molar-refractivity contribution in [1.82, 2.24) is 9.97 Å². The van der Waals surface area contributed by atoms with Crippen LogP contribution in [0.5, 0.6) is 33.4 Å². The Labute approximate surface area is 301 Å². The first-order valence-corrected chi connectivity index (χ1v) is 17.9. The molecule has 8 rings (SSSR count). The summed E-state index contributed by atoms with van der Waals surface area (Å²) in [6.07, 6.45) is 5.03. The van der Waals surface area contributed by atoms with Crippen molar-refractivity contribution < 1.29 is 38.7 Å². The van der Waals surface area contributed by atoms with Crippen molar-refractivity contribution in [2.45, 2.75) is 44.8 Å². The number of aromatic nitrogens is 2. The molecule has 0 saturated carbocycles. The predicted molar refractivity (Wildman–Crippen MR) is 192 cm³/mol. The van der Waals surface area contributed by atoms with E-state index in [1.54, 1.807) is 0 Å². The lowest BCUT2D eigenvalue weighted by molar-refractivity contribution is 0.0684. The summed E-state index contributed by atoms with van der Waals surface area (Å²) in [5.41, 5.74) is 5.80. The number of fused-ring (bicyclic) bond motifs is 2. The SMILES string of the molecule is Cc1ccccc1[C@@H]1CCc2cc(Oc3ncc(C(=O)O)s3)ccc2O1.O=C(O)c1csc(Oc2ccc3c(c2)CC[C@@H](c2ccccc2)O3)n1. The number of aryl methyl sites for hydroxylation is 3. The van der Waals surface area contributed by atoms with Crippen LogP contribution in [-0.4, -0.2) is 32.1 Å². The first kappa shape index (κ1) is 33.8. The number of hydrogen-bond acceptors (Lipinski definition) is 10. The molecule has 2 aliphatic heterocycles. The molecule has 0 fully saturated rings. The fraction of sp³-hybridized carbons (Fsp3) is 0.179. The maximum atomic E-state index is 10.9. The summed E-state index contributed by atoms with van der Waals surface area (Å²) in [6.45, 7) is 2.10. The van der Waals surface area contributed by atoms with Crippen LogP contribution < -0.4 is 18.9 Å². The van der Waals surface area contributed by atoms with E-state index in [0.29, 0.717) is 21.9 Å². The third-order valence-electron chi connectivity index (χ3n) is 8.47. The van der Waals surface area contributed by atoms with Crippen LogP contribution in [0.25, 0.3) is 0 Å². The van der Waals surface area contributed by atoms with Gasteiger partial charge < -0.3 is 29.2 Å². The molecule has 12 heteroatoms. The number of rotatable bonds is 8. The maximum absolute atomic E-state index is 10.9. The molecule has 0 unspecified atom stereocenters. The Bertz CT molecular complexity index is 2180. The van der Waals surface area contributed by atoms with E-state index in [2.05, 4.69) is 41.2 Å². The highest BCUT2D eigenvalue weighted by atomic mass is 32.1. The monoisotopic (exact) mass is 720 g/mol. The molecule has 6 aromatic rings. The predicted octanol–water partition coefficient (Wildman–Crippen LogP) is 9.71. The van der Waals surface area contributed by atoms with E-state index < -0.39 is 11.9 Å². The topological polar surface area (TPSA) is 137 Å². The fourth-order valence-electron chi connectivity index (χ4n) is 5.93. The second-order valence-electron chi connectivity index (χ2n) is 11.9. The Hall–Kier alpha value is -5.72. The van der Waals surface area contributed by atoms with Crippen molar-refractivity contribution in [2.24, 2.45) is 0 Å². The molecule has 4 heterocycles. The maximum Gasteiger partial charge on any atom is 0.355 e. The third-order valence-corrected chi connectivity index (χ3v) is 10.0. The lowest BCUT2D eigenvalue weighted by atomic mass is 9.95. The van der Waals surface area contributed by atoms with Crippen LogP contribution in [0.2, 0.25) is 0 Å². The molecule has 51 heavy (non-hydrogen) atoms. The molecular weight excluding hydrogens is 689 g/mol. The highest BCUT2D eigenvalue weighted by molar-refractivity contribution is 7.15. The molecule has 4 aromatic carbocycles. The molecule has 258 valence electrons. The third kappa shape index (κ3) is 8.03. The van der Waals surface area contributed by atoms with E-state index in [1.165, 1.54) is 28.3 Å². The molecular formula is C39H32N2O8S2. The van der Waals surface area contributed by atoms with Crippen LogP contribution >= 0.6 is 22.7 Å². The lowest BCUT2D eigenvalue weighted by Crippen LogP contribution is -2.16. The molecule has 0 aliphatic carbocycles. The molecule has 2 N–H and O–H groups in total. The molecule has 2 atom stereocenters. The lowest BCUT2D eigenvalue weighted by Gasteiger charge is -2.27. The number of benzene rings is 4. The van der Waals surface area contributed by atoms with Crippen LogP contribution in [0, 0.1) is 6.92 Å². The number of carboxylic acids is 2. The van der Waals surface area contributed by atoms with Gasteiger partial charge in [-0.25, -0.2) is 14.6 Å². The number of ether oxygens (including phenoxy) is 4. The quantitative estimate of drug-likeness (QED) is 0.156. The summed E-state index contributed by atoms with van der Waals surface area (Å²) in [6, 6.07) is 29.8. The second kappa shape index (κ2) is 15.0. The Kier molecular flexibility index (Phi) is 9.95. The van der Waals surface area contributed by atoms with Crippen LogP contribution in [-0.2, 0) is 12.8 Å². The van der Waals surface area contributed by atoms with Crippen molar-refractivity contribution in [2.75, 3.05) is 0 Å². The molecule has 2 aliphatic rings. The first-order chi connectivity index (χ1) is 24.8. The van der Waals surface area contributed by atoms with Crippen LogP contribution in [0.4, 0.5) is 0 Å². The number of carbonyl (C=O) groups is 2. The molecule has 10 nitrogen and oxygen atoms in total. The Morgan fingerprint density at radius 3 is 2.02 bits per heavy atom. The van der Waals surface area contributed by atoms with Gasteiger partial charge in [0.05, 0.1) is 6.20 Å². The standard InChI is InChI=1S/C20H17NO4S.C19H15NO4S/c1-12-4-2-3-5-15(12)17-8-6-13-10-14(7-9-16(13)25-17)24-20-21-11-18(26-20)19(22)23;21-18(22)15-11-25-19(20-15)23-14-7-9-17-13(10-14)6-8-16(24-17)12-4-2-1-3-5-12/h2-5,7,9-11,17H,6,8H2,1H3,(H,22,23);1-5,7,9-11,16H,6,8H2,(H,21,22)/t17-;16-/m00/s1. The zero-order chi connectivity index (χ0) is 35.3. The van der Waals surface area contributed by atoms with E-state index in [1.807, 2.05) is 66.7 Å². The fourth-order valence-corrected chi connectivity index (χ4v) is 7.22. The summed E-state index contributed by atoms with van der Waals surface area (Å²) in [5, 5.41) is 20.0. The van der Waals surface area contributed by atoms with E-state index in [4.69, 9.17) is 29.2 Å². The van der Waals surface area contributed by atoms with Gasteiger partial charge in [0.2, 0.25) is 0 Å². The number of carboxylic acid groups (broad SMARTS) is 2. The minimum Gasteiger partial charge on any atom is -0.485 e. The molecule has 0 amide bonds. The minimum atomic E-state index is -1.06. The molecule has 0 radical (unpaired) electrons. The van der Waals surface area contributed by atoms with Crippen LogP contribution in [0.1, 0.15) is 73.0 Å². The van der Waals surface area contributed by atoms with Gasteiger partial charge in [-0.1, -0.05) is 77.3 Å². The second-order valence-corrected chi connectivity index (χ2v) is 13.7. The van der Waals surface area contributed by atoms with Gasteiger partial charge in [0.1, 0.15) is 40.1 Å². The van der Waals surface area contributed by atoms with Crippen molar-refractivity contribution in [3.05, 3.63) is 141 Å². The number of thiazole rings is 2. The van der Waals surface area contributed by atoms with E-state index in [-0.39, 0.29) is 22.8 Å². The van der Waals surface area contributed by atoms with Gasteiger partial charge >= 0.3 is 11.9 Å². The Morgan fingerprint density at radius 1 is 0.765 bits per heavy atom. The zero-order valence-corrected chi connectivity index (χ0v) is 29.0. The molecule has 2 aromatic heterocycles. The highest BCUT2D eigenvalue weighted by Crippen LogP contribution is 2.40. The normalized spacial score (nSPS) is 15.9. The molecule has 0 spiro atoms. The average Bonchev–Trinajstić information content (AvgIpc) is 3.83. The number of nitrogens with zero attached hydrogens (tertiary/aromatic N) is 2. The van der Waals surface area contributed by atoms with Crippen molar-refractivity contribution >= 4 is 34.6 Å². The Morgan fingerprint density at radius 2 is 1.39 bits per heavy atom. The summed E-state index contributed by atoms with van der Waals surface area (Å²) < 4.78 is 23.7. The molecule has 0 saturated heterocycles.